The Morgan fingerprint density at radius 1 is 1.47 bits per heavy atom. The number of phenols is 1. The maximum absolute atomic E-state index is 11.1. The summed E-state index contributed by atoms with van der Waals surface area (Å²) in [6, 6.07) is 4.55. The minimum atomic E-state index is -3.12. The highest BCUT2D eigenvalue weighted by Crippen LogP contribution is 2.27. The van der Waals surface area contributed by atoms with Crippen LogP contribution in [0.4, 0.5) is 5.69 Å². The molecule has 0 aliphatic carbocycles. The van der Waals surface area contributed by atoms with E-state index in [1.54, 1.807) is 6.07 Å². The first kappa shape index (κ1) is 12.0. The Balaban J connectivity index is 1.94. The molecule has 1 heterocycles. The zero-order chi connectivity index (χ0) is 12.6. The van der Waals surface area contributed by atoms with Crippen molar-refractivity contribution in [2.24, 2.45) is 0 Å². The van der Waals surface area contributed by atoms with Crippen molar-refractivity contribution in [3.63, 3.8) is 0 Å². The lowest BCUT2D eigenvalue weighted by Gasteiger charge is -2.36. The molecule has 0 bridgehead atoms. The minimum absolute atomic E-state index is 0.00345. The Bertz CT molecular complexity index is 523. The van der Waals surface area contributed by atoms with Gasteiger partial charge in [0.1, 0.15) is 17.6 Å². The molecule has 1 aromatic rings. The van der Waals surface area contributed by atoms with E-state index in [9.17, 15) is 13.5 Å². The zero-order valence-electron chi connectivity index (χ0n) is 9.33. The van der Waals surface area contributed by atoms with E-state index in [0.29, 0.717) is 18.8 Å². The molecule has 0 unspecified atom stereocenters. The van der Waals surface area contributed by atoms with E-state index in [4.69, 9.17) is 10.5 Å². The van der Waals surface area contributed by atoms with Crippen molar-refractivity contribution in [1.29, 1.82) is 0 Å². The van der Waals surface area contributed by atoms with Crippen LogP contribution in [0.2, 0.25) is 0 Å². The lowest BCUT2D eigenvalue weighted by molar-refractivity contribution is 0.0767. The van der Waals surface area contributed by atoms with Gasteiger partial charge in [-0.3, -0.25) is 0 Å². The molecule has 1 fully saturated rings. The third-order valence-electron chi connectivity index (χ3n) is 2.59. The number of rotatable bonds is 3. The van der Waals surface area contributed by atoms with Crippen molar-refractivity contribution in [1.82, 2.24) is 4.31 Å². The molecule has 0 saturated carbocycles. The maximum atomic E-state index is 11.1. The van der Waals surface area contributed by atoms with Crippen molar-refractivity contribution in [2.75, 3.05) is 25.1 Å². The number of nitrogen functional groups attached to an aromatic ring is 1. The van der Waals surface area contributed by atoms with Crippen molar-refractivity contribution in [2.45, 2.75) is 6.10 Å². The third-order valence-corrected chi connectivity index (χ3v) is 3.82. The monoisotopic (exact) mass is 258 g/mol. The van der Waals surface area contributed by atoms with Gasteiger partial charge in [-0.05, 0) is 12.1 Å². The smallest absolute Gasteiger partial charge is 0.211 e. The molecular weight excluding hydrogens is 244 g/mol. The molecule has 3 N–H and O–H groups in total. The molecule has 1 saturated heterocycles. The van der Waals surface area contributed by atoms with E-state index in [-0.39, 0.29) is 17.5 Å². The van der Waals surface area contributed by atoms with Crippen LogP contribution < -0.4 is 10.5 Å². The Morgan fingerprint density at radius 3 is 2.65 bits per heavy atom. The van der Waals surface area contributed by atoms with Gasteiger partial charge in [-0.1, -0.05) is 0 Å². The van der Waals surface area contributed by atoms with E-state index in [0.717, 1.165) is 0 Å². The van der Waals surface area contributed by atoms with Gasteiger partial charge in [0.25, 0.3) is 0 Å². The highest BCUT2D eigenvalue weighted by molar-refractivity contribution is 7.88. The average molecular weight is 258 g/mol. The number of phenolic OH excluding ortho intramolecular Hbond substituents is 1. The van der Waals surface area contributed by atoms with Crippen molar-refractivity contribution >= 4 is 15.7 Å². The Hall–Kier alpha value is -1.47. The zero-order valence-corrected chi connectivity index (χ0v) is 10.1. The molecule has 94 valence electrons. The highest BCUT2D eigenvalue weighted by Gasteiger charge is 2.34. The molecular formula is C10H14N2O4S. The predicted molar refractivity (Wildman–Crippen MR) is 63.4 cm³/mol. The number of nitrogens with zero attached hydrogens (tertiary/aromatic N) is 1. The van der Waals surface area contributed by atoms with Crippen LogP contribution >= 0.6 is 0 Å². The number of anilines is 1. The molecule has 1 aliphatic rings. The molecule has 17 heavy (non-hydrogen) atoms. The maximum Gasteiger partial charge on any atom is 0.211 e. The van der Waals surface area contributed by atoms with Crippen molar-refractivity contribution in [3.05, 3.63) is 18.2 Å². The van der Waals surface area contributed by atoms with Crippen LogP contribution in [0.3, 0.4) is 0 Å². The second-order valence-corrected chi connectivity index (χ2v) is 6.02. The predicted octanol–water partition coefficient (Wildman–Crippen LogP) is -0.00300. The summed E-state index contributed by atoms with van der Waals surface area (Å²) in [5.74, 6) is 0.530. The number of hydrogen-bond acceptors (Lipinski definition) is 5. The summed E-state index contributed by atoms with van der Waals surface area (Å²) in [6.07, 6.45) is 1.01. The van der Waals surface area contributed by atoms with E-state index < -0.39 is 10.0 Å². The van der Waals surface area contributed by atoms with E-state index in [1.807, 2.05) is 0 Å². The Morgan fingerprint density at radius 2 is 2.12 bits per heavy atom. The molecule has 0 radical (unpaired) electrons. The van der Waals surface area contributed by atoms with Gasteiger partial charge in [0.15, 0.2) is 0 Å². The fraction of sp³-hybridized carbons (Fsp3) is 0.400. The Labute approximate surface area is 99.7 Å². The molecule has 1 aromatic carbocycles. The molecule has 0 amide bonds. The summed E-state index contributed by atoms with van der Waals surface area (Å²) in [5, 5.41) is 9.23. The van der Waals surface area contributed by atoms with Gasteiger partial charge in [-0.15, -0.1) is 0 Å². The van der Waals surface area contributed by atoms with Crippen LogP contribution in [0.5, 0.6) is 11.5 Å². The van der Waals surface area contributed by atoms with Crippen LogP contribution in [-0.4, -0.2) is 43.3 Å². The number of nitrogens with two attached hydrogens (primary N) is 1. The van der Waals surface area contributed by atoms with Crippen molar-refractivity contribution in [3.8, 4) is 11.5 Å². The molecule has 2 rings (SSSR count). The number of aromatic hydroxyl groups is 1. The number of ether oxygens (including phenoxy) is 1. The van der Waals surface area contributed by atoms with Crippen LogP contribution in [-0.2, 0) is 10.0 Å². The summed E-state index contributed by atoms with van der Waals surface area (Å²) >= 11 is 0. The first-order chi connectivity index (χ1) is 7.86. The van der Waals surface area contributed by atoms with Crippen LogP contribution in [0.1, 0.15) is 0 Å². The highest BCUT2D eigenvalue weighted by atomic mass is 32.2. The van der Waals surface area contributed by atoms with Gasteiger partial charge in [0.05, 0.1) is 25.0 Å². The lowest BCUT2D eigenvalue weighted by atomic mass is 10.2. The topological polar surface area (TPSA) is 92.9 Å². The van der Waals surface area contributed by atoms with Crippen molar-refractivity contribution < 1.29 is 18.3 Å². The number of hydrogen-bond donors (Lipinski definition) is 2. The van der Waals surface area contributed by atoms with E-state index in [2.05, 4.69) is 0 Å². The molecule has 6 nitrogen and oxygen atoms in total. The van der Waals surface area contributed by atoms with Gasteiger partial charge >= 0.3 is 0 Å². The summed E-state index contributed by atoms with van der Waals surface area (Å²) in [6.45, 7) is 0.694. The quantitative estimate of drug-likeness (QED) is 0.588. The summed E-state index contributed by atoms with van der Waals surface area (Å²) in [7, 11) is -3.12. The average Bonchev–Trinajstić information content (AvgIpc) is 2.14. The second kappa shape index (κ2) is 4.08. The van der Waals surface area contributed by atoms with E-state index >= 15 is 0 Å². The molecule has 0 aromatic heterocycles. The minimum Gasteiger partial charge on any atom is -0.506 e. The lowest BCUT2D eigenvalue weighted by Crippen LogP contribution is -2.55. The molecule has 0 atom stereocenters. The number of benzene rings is 1. The second-order valence-electron chi connectivity index (χ2n) is 4.04. The SMILES string of the molecule is CS(=O)(=O)N1CC(Oc2ccc(O)c(N)c2)C1. The van der Waals surface area contributed by atoms with E-state index in [1.165, 1.54) is 22.7 Å². The Kier molecular flexibility index (Phi) is 2.88. The van der Waals surface area contributed by atoms with Gasteiger partial charge in [0, 0.05) is 6.07 Å². The van der Waals surface area contributed by atoms with Crippen LogP contribution in [0, 0.1) is 0 Å². The largest absolute Gasteiger partial charge is 0.506 e. The standard InChI is InChI=1S/C10H14N2O4S/c1-17(14,15)12-5-8(6-12)16-7-2-3-10(13)9(11)4-7/h2-4,8,13H,5-6,11H2,1H3. The third kappa shape index (κ3) is 2.62. The fourth-order valence-electron chi connectivity index (χ4n) is 1.54. The van der Waals surface area contributed by atoms with Gasteiger partial charge in [-0.25, -0.2) is 8.42 Å². The van der Waals surface area contributed by atoms with Crippen LogP contribution in [0.25, 0.3) is 0 Å². The van der Waals surface area contributed by atoms with Gasteiger partial charge in [-0.2, -0.15) is 4.31 Å². The molecule has 7 heteroatoms. The fourth-order valence-corrected chi connectivity index (χ4v) is 2.42. The first-order valence-electron chi connectivity index (χ1n) is 5.06. The summed E-state index contributed by atoms with van der Waals surface area (Å²) in [4.78, 5) is 0. The number of sulfonamides is 1. The van der Waals surface area contributed by atoms with Gasteiger partial charge < -0.3 is 15.6 Å². The summed E-state index contributed by atoms with van der Waals surface area (Å²) in [5.41, 5.74) is 5.75. The first-order valence-corrected chi connectivity index (χ1v) is 6.91. The normalized spacial score (nSPS) is 17.7. The molecule has 0 spiro atoms. The molecule has 1 aliphatic heterocycles. The van der Waals surface area contributed by atoms with Gasteiger partial charge in [0.2, 0.25) is 10.0 Å². The summed E-state index contributed by atoms with van der Waals surface area (Å²) < 4.78 is 29.1. The van der Waals surface area contributed by atoms with Crippen LogP contribution in [0.15, 0.2) is 18.2 Å².